The Balaban J connectivity index is 0.00000320. The maximum absolute atomic E-state index is 12.4. The standard InChI is InChI=1S/C20H21F3N4O2.HI/c21-20(22,23)29-16-9-7-15(8-10-16)26-19(24)25-12-3-6-18(28)27-13-11-14-4-1-2-5-17(14)27;/h1-2,4-5,7-10H,3,6,11-13H2,(H3,24,25,26);1H. The molecule has 2 aromatic carbocycles. The SMILES string of the molecule is I.NC(=NCCCC(=O)N1CCc2ccccc21)Nc1ccc(OC(F)(F)F)cc1. The van der Waals surface area contributed by atoms with Crippen molar-refractivity contribution in [3.05, 3.63) is 54.1 Å². The highest BCUT2D eigenvalue weighted by atomic mass is 127. The Labute approximate surface area is 189 Å². The third-order valence-electron chi connectivity index (χ3n) is 4.38. The number of amides is 1. The molecule has 0 radical (unpaired) electrons. The van der Waals surface area contributed by atoms with E-state index in [0.29, 0.717) is 31.6 Å². The third-order valence-corrected chi connectivity index (χ3v) is 4.38. The summed E-state index contributed by atoms with van der Waals surface area (Å²) in [5.41, 5.74) is 8.41. The molecule has 0 fully saturated rings. The number of para-hydroxylation sites is 1. The average molecular weight is 534 g/mol. The van der Waals surface area contributed by atoms with Crippen LogP contribution < -0.4 is 20.7 Å². The maximum Gasteiger partial charge on any atom is 0.573 e. The molecule has 0 aliphatic carbocycles. The predicted molar refractivity (Wildman–Crippen MR) is 120 cm³/mol. The molecule has 30 heavy (non-hydrogen) atoms. The van der Waals surface area contributed by atoms with E-state index < -0.39 is 6.36 Å². The van der Waals surface area contributed by atoms with E-state index in [1.807, 2.05) is 24.3 Å². The molecule has 162 valence electrons. The second kappa shape index (κ2) is 10.5. The first-order chi connectivity index (χ1) is 13.8. The number of fused-ring (bicyclic) bond motifs is 1. The summed E-state index contributed by atoms with van der Waals surface area (Å²) in [4.78, 5) is 18.4. The van der Waals surface area contributed by atoms with Gasteiger partial charge in [0.15, 0.2) is 5.96 Å². The Morgan fingerprint density at radius 1 is 1.17 bits per heavy atom. The zero-order valence-corrected chi connectivity index (χ0v) is 18.3. The molecule has 0 bridgehead atoms. The van der Waals surface area contributed by atoms with Gasteiger partial charge in [-0.2, -0.15) is 0 Å². The van der Waals surface area contributed by atoms with Gasteiger partial charge < -0.3 is 20.7 Å². The van der Waals surface area contributed by atoms with Crippen LogP contribution in [0.25, 0.3) is 0 Å². The van der Waals surface area contributed by atoms with Crippen LogP contribution in [0.15, 0.2) is 53.5 Å². The van der Waals surface area contributed by atoms with Crippen LogP contribution in [-0.2, 0) is 11.2 Å². The quantitative estimate of drug-likeness (QED) is 0.251. The number of anilines is 2. The van der Waals surface area contributed by atoms with Gasteiger partial charge in [-0.3, -0.25) is 9.79 Å². The van der Waals surface area contributed by atoms with Gasteiger partial charge >= 0.3 is 6.36 Å². The Morgan fingerprint density at radius 3 is 2.57 bits per heavy atom. The fraction of sp³-hybridized carbons (Fsp3) is 0.300. The highest BCUT2D eigenvalue weighted by Crippen LogP contribution is 2.28. The van der Waals surface area contributed by atoms with Crippen LogP contribution in [0.5, 0.6) is 5.75 Å². The van der Waals surface area contributed by atoms with Gasteiger partial charge in [0.1, 0.15) is 5.75 Å². The summed E-state index contributed by atoms with van der Waals surface area (Å²) in [6.45, 7) is 1.05. The number of guanidine groups is 1. The van der Waals surface area contributed by atoms with Crippen LogP contribution in [-0.4, -0.2) is 31.3 Å². The average Bonchev–Trinajstić information content (AvgIpc) is 3.10. The Morgan fingerprint density at radius 2 is 1.87 bits per heavy atom. The van der Waals surface area contributed by atoms with Crippen molar-refractivity contribution in [1.29, 1.82) is 0 Å². The molecule has 0 unspecified atom stereocenters. The predicted octanol–water partition coefficient (Wildman–Crippen LogP) is 4.30. The number of carbonyl (C=O) groups excluding carboxylic acids is 1. The van der Waals surface area contributed by atoms with Gasteiger partial charge in [-0.1, -0.05) is 18.2 Å². The summed E-state index contributed by atoms with van der Waals surface area (Å²) in [6, 6.07) is 13.0. The van der Waals surface area contributed by atoms with Crippen LogP contribution >= 0.6 is 24.0 Å². The summed E-state index contributed by atoms with van der Waals surface area (Å²) in [5, 5.41) is 2.78. The normalized spacial score (nSPS) is 13.4. The van der Waals surface area contributed by atoms with E-state index in [1.54, 1.807) is 4.90 Å². The number of hydrogen-bond acceptors (Lipinski definition) is 3. The number of rotatable bonds is 6. The first-order valence-corrected chi connectivity index (χ1v) is 9.13. The Hall–Kier alpha value is -2.50. The lowest BCUT2D eigenvalue weighted by atomic mass is 10.2. The van der Waals surface area contributed by atoms with Crippen molar-refractivity contribution in [3.63, 3.8) is 0 Å². The molecule has 1 aliphatic heterocycles. The van der Waals surface area contributed by atoms with Crippen LogP contribution in [0.3, 0.4) is 0 Å². The molecule has 0 atom stereocenters. The lowest BCUT2D eigenvalue weighted by Gasteiger charge is -2.17. The highest BCUT2D eigenvalue weighted by Gasteiger charge is 2.31. The second-order valence-electron chi connectivity index (χ2n) is 6.49. The number of nitrogens with one attached hydrogen (secondary N) is 1. The first kappa shape index (κ1) is 23.8. The molecular formula is C20H22F3IN4O2. The molecule has 2 aromatic rings. The number of benzene rings is 2. The first-order valence-electron chi connectivity index (χ1n) is 9.13. The lowest BCUT2D eigenvalue weighted by Crippen LogP contribution is -2.28. The molecule has 0 saturated carbocycles. The topological polar surface area (TPSA) is 80.0 Å². The van der Waals surface area contributed by atoms with E-state index in [-0.39, 0.29) is 41.6 Å². The largest absolute Gasteiger partial charge is 0.573 e. The van der Waals surface area contributed by atoms with Crippen molar-refractivity contribution in [2.75, 3.05) is 23.3 Å². The van der Waals surface area contributed by atoms with E-state index >= 15 is 0 Å². The molecule has 1 aliphatic rings. The molecular weight excluding hydrogens is 512 g/mol. The second-order valence-corrected chi connectivity index (χ2v) is 6.49. The molecule has 1 amide bonds. The van der Waals surface area contributed by atoms with Gasteiger partial charge in [0.05, 0.1) is 0 Å². The van der Waals surface area contributed by atoms with Crippen molar-refractivity contribution in [2.24, 2.45) is 10.7 Å². The van der Waals surface area contributed by atoms with Gasteiger partial charge in [-0.05, 0) is 48.7 Å². The van der Waals surface area contributed by atoms with Gasteiger partial charge in [0, 0.05) is 30.9 Å². The maximum atomic E-state index is 12.4. The molecule has 10 heteroatoms. The van der Waals surface area contributed by atoms with Crippen molar-refractivity contribution < 1.29 is 22.7 Å². The van der Waals surface area contributed by atoms with Crippen LogP contribution in [0.4, 0.5) is 24.5 Å². The molecule has 1 heterocycles. The minimum absolute atomic E-state index is 0. The number of hydrogen-bond donors (Lipinski definition) is 2. The van der Waals surface area contributed by atoms with E-state index in [0.717, 1.165) is 12.1 Å². The van der Waals surface area contributed by atoms with Gasteiger partial charge in [0.25, 0.3) is 0 Å². The minimum atomic E-state index is -4.73. The number of alkyl halides is 3. The molecule has 3 rings (SSSR count). The van der Waals surface area contributed by atoms with Crippen molar-refractivity contribution >= 4 is 47.2 Å². The number of ether oxygens (including phenoxy) is 1. The Bertz CT molecular complexity index is 888. The molecule has 6 nitrogen and oxygen atoms in total. The van der Waals surface area contributed by atoms with Gasteiger partial charge in [-0.25, -0.2) is 0 Å². The zero-order valence-electron chi connectivity index (χ0n) is 16.0. The highest BCUT2D eigenvalue weighted by molar-refractivity contribution is 14.0. The van der Waals surface area contributed by atoms with Crippen LogP contribution in [0, 0.1) is 0 Å². The Kier molecular flexibility index (Phi) is 8.33. The fourth-order valence-corrected chi connectivity index (χ4v) is 3.09. The summed E-state index contributed by atoms with van der Waals surface area (Å²) < 4.78 is 40.3. The van der Waals surface area contributed by atoms with E-state index in [4.69, 9.17) is 5.73 Å². The third kappa shape index (κ3) is 6.78. The number of aliphatic imine (C=N–C) groups is 1. The van der Waals surface area contributed by atoms with Gasteiger partial charge in [-0.15, -0.1) is 37.1 Å². The van der Waals surface area contributed by atoms with Gasteiger partial charge in [0.2, 0.25) is 5.91 Å². The van der Waals surface area contributed by atoms with Crippen molar-refractivity contribution in [1.82, 2.24) is 0 Å². The molecule has 0 spiro atoms. The van der Waals surface area contributed by atoms with Crippen molar-refractivity contribution in [2.45, 2.75) is 25.6 Å². The summed E-state index contributed by atoms with van der Waals surface area (Å²) in [5.74, 6) is -0.147. The van der Waals surface area contributed by atoms with Crippen molar-refractivity contribution in [3.8, 4) is 5.75 Å². The molecule has 0 aromatic heterocycles. The zero-order chi connectivity index (χ0) is 20.9. The molecule has 3 N–H and O–H groups in total. The lowest BCUT2D eigenvalue weighted by molar-refractivity contribution is -0.274. The smallest absolute Gasteiger partial charge is 0.406 e. The summed E-state index contributed by atoms with van der Waals surface area (Å²) >= 11 is 0. The number of nitrogens with two attached hydrogens (primary N) is 1. The fourth-order valence-electron chi connectivity index (χ4n) is 3.09. The summed E-state index contributed by atoms with van der Waals surface area (Å²) in [7, 11) is 0. The molecule has 0 saturated heterocycles. The summed E-state index contributed by atoms with van der Waals surface area (Å²) in [6.07, 6.45) is -2.97. The monoisotopic (exact) mass is 534 g/mol. The van der Waals surface area contributed by atoms with E-state index in [9.17, 15) is 18.0 Å². The van der Waals surface area contributed by atoms with Crippen LogP contribution in [0.1, 0.15) is 18.4 Å². The number of carbonyl (C=O) groups is 1. The van der Waals surface area contributed by atoms with E-state index in [1.165, 1.54) is 29.8 Å². The van der Waals surface area contributed by atoms with Crippen LogP contribution in [0.2, 0.25) is 0 Å². The van der Waals surface area contributed by atoms with E-state index in [2.05, 4.69) is 15.0 Å². The minimum Gasteiger partial charge on any atom is -0.406 e. The number of nitrogens with zero attached hydrogens (tertiary/aromatic N) is 2. The number of halogens is 4.